The summed E-state index contributed by atoms with van der Waals surface area (Å²) in [6.07, 6.45) is 0. The van der Waals surface area contributed by atoms with Gasteiger partial charge in [-0.05, 0) is 0 Å². The first-order valence-electron chi connectivity index (χ1n) is 4.23. The molecular weight excluding hydrogens is 425 g/mol. The summed E-state index contributed by atoms with van der Waals surface area (Å²) in [6, 6.07) is 3.37. The second kappa shape index (κ2) is 5.11. The zero-order chi connectivity index (χ0) is 12.3. The zero-order valence-corrected chi connectivity index (χ0v) is 14.7. The van der Waals surface area contributed by atoms with E-state index in [9.17, 15) is 18.3 Å². The second-order valence-electron chi connectivity index (χ2n) is 3.05. The van der Waals surface area contributed by atoms with Gasteiger partial charge >= 0.3 is 105 Å². The van der Waals surface area contributed by atoms with Crippen LogP contribution in [0.15, 0.2) is 23.1 Å². The van der Waals surface area contributed by atoms with Crippen molar-refractivity contribution in [3.63, 3.8) is 0 Å². The Morgan fingerprint density at radius 3 is 2.56 bits per heavy atom. The standard InChI is InChI=1S/C6H5O4S.C2H4O2.Hg/c7-5-1-3-6(4-2-5)11(8,9)10;1-2(3)4;/h1,3-4,7H,(H,8,9,10);1H3,(H,3,4);/q;;+1/p-1. The van der Waals surface area contributed by atoms with Gasteiger partial charge in [-0.15, -0.1) is 0 Å². The third-order valence-corrected chi connectivity index (χ3v) is 8.18. The molecule has 0 unspecified atom stereocenters. The molecule has 0 bridgehead atoms. The molecule has 2 N–H and O–H groups in total. The van der Waals surface area contributed by atoms with E-state index in [2.05, 4.69) is 0 Å². The van der Waals surface area contributed by atoms with Crippen LogP contribution in [0.4, 0.5) is 0 Å². The predicted octanol–water partition coefficient (Wildman–Crippen LogP) is -0.175. The zero-order valence-electron chi connectivity index (χ0n) is 8.37. The normalized spacial score (nSPS) is 10.6. The van der Waals surface area contributed by atoms with Gasteiger partial charge in [-0.1, -0.05) is 0 Å². The van der Waals surface area contributed by atoms with Gasteiger partial charge in [-0.25, -0.2) is 0 Å². The van der Waals surface area contributed by atoms with E-state index in [4.69, 9.17) is 7.20 Å². The molecule has 0 aliphatic rings. The van der Waals surface area contributed by atoms with Gasteiger partial charge in [0.2, 0.25) is 0 Å². The van der Waals surface area contributed by atoms with Gasteiger partial charge in [0.05, 0.1) is 0 Å². The predicted molar refractivity (Wildman–Crippen MR) is 49.3 cm³/mol. The number of benzene rings is 1. The Morgan fingerprint density at radius 1 is 1.44 bits per heavy atom. The van der Waals surface area contributed by atoms with Crippen molar-refractivity contribution in [1.29, 1.82) is 0 Å². The first kappa shape index (κ1) is 13.4. The Bertz CT molecular complexity index is 509. The van der Waals surface area contributed by atoms with Crippen molar-refractivity contribution < 1.29 is 50.5 Å². The number of aromatic hydroxyl groups is 1. The van der Waals surface area contributed by atoms with Gasteiger partial charge in [0.1, 0.15) is 0 Å². The molecule has 0 aliphatic carbocycles. The van der Waals surface area contributed by atoms with Crippen molar-refractivity contribution in [3.8, 4) is 5.75 Å². The summed E-state index contributed by atoms with van der Waals surface area (Å²) in [5.41, 5.74) is 0. The molecule has 0 heterocycles. The number of carbonyl (C=O) groups excluding carboxylic acids is 1. The first-order valence-corrected chi connectivity index (χ1v) is 10.7. The van der Waals surface area contributed by atoms with E-state index in [-0.39, 0.29) is 10.6 Å². The Hall–Kier alpha value is -0.665. The van der Waals surface area contributed by atoms with Gasteiger partial charge in [-0.3, -0.25) is 0 Å². The number of hydrogen-bond donors (Lipinski definition) is 2. The van der Waals surface area contributed by atoms with Crippen LogP contribution in [0, 0.1) is 0 Å². The molecule has 1 aromatic rings. The number of phenols is 1. The molecule has 0 radical (unpaired) electrons. The monoisotopic (exact) mass is 434 g/mol. The summed E-state index contributed by atoms with van der Waals surface area (Å²) >= 11 is -2.31. The summed E-state index contributed by atoms with van der Waals surface area (Å²) in [5, 5.41) is 9.40. The molecule has 0 aliphatic heterocycles. The minimum atomic E-state index is -4.30. The topological polar surface area (TPSA) is 101 Å². The van der Waals surface area contributed by atoms with Crippen molar-refractivity contribution in [2.75, 3.05) is 0 Å². The molecule has 16 heavy (non-hydrogen) atoms. The van der Waals surface area contributed by atoms with E-state index in [0.29, 0.717) is 3.07 Å². The Kier molecular flexibility index (Phi) is 4.28. The van der Waals surface area contributed by atoms with Gasteiger partial charge in [0.15, 0.2) is 0 Å². The van der Waals surface area contributed by atoms with Crippen LogP contribution in [0.3, 0.4) is 0 Å². The van der Waals surface area contributed by atoms with Crippen molar-refractivity contribution in [2.24, 2.45) is 0 Å². The molecule has 0 saturated heterocycles. The fraction of sp³-hybridized carbons (Fsp3) is 0.125. The van der Waals surface area contributed by atoms with Crippen LogP contribution in [0.5, 0.6) is 5.75 Å². The Labute approximate surface area is 105 Å². The average molecular weight is 433 g/mol. The van der Waals surface area contributed by atoms with Gasteiger partial charge in [0.25, 0.3) is 0 Å². The molecule has 8 heteroatoms. The van der Waals surface area contributed by atoms with E-state index < -0.39 is 41.1 Å². The Balaban J connectivity index is 3.04. The Morgan fingerprint density at radius 2 is 2.06 bits per heavy atom. The van der Waals surface area contributed by atoms with Crippen LogP contribution in [-0.2, 0) is 42.6 Å². The van der Waals surface area contributed by atoms with Crippen LogP contribution in [-0.4, -0.2) is 24.0 Å². The molecule has 0 atom stereocenters. The van der Waals surface area contributed by atoms with E-state index in [1.165, 1.54) is 6.92 Å². The molecule has 1 rings (SSSR count). The summed E-state index contributed by atoms with van der Waals surface area (Å²) in [5.74, 6) is -0.575. The van der Waals surface area contributed by atoms with E-state index >= 15 is 0 Å². The van der Waals surface area contributed by atoms with Crippen molar-refractivity contribution >= 4 is 19.2 Å². The van der Waals surface area contributed by atoms with Crippen LogP contribution < -0.4 is 3.07 Å². The third kappa shape index (κ3) is 3.73. The summed E-state index contributed by atoms with van der Waals surface area (Å²) in [4.78, 5) is 10.3. The van der Waals surface area contributed by atoms with Crippen LogP contribution >= 0.6 is 0 Å². The van der Waals surface area contributed by atoms with Crippen LogP contribution in [0.1, 0.15) is 6.92 Å². The molecule has 6 nitrogen and oxygen atoms in total. The fourth-order valence-corrected chi connectivity index (χ4v) is 5.73. The molecule has 0 spiro atoms. The number of hydrogen-bond acceptors (Lipinski definition) is 5. The average Bonchev–Trinajstić information content (AvgIpc) is 2.14. The van der Waals surface area contributed by atoms with E-state index in [0.717, 1.165) is 18.2 Å². The minimum absolute atomic E-state index is 0.115. The summed E-state index contributed by atoms with van der Waals surface area (Å²) < 4.78 is 35.6. The van der Waals surface area contributed by atoms with E-state index in [1.807, 2.05) is 0 Å². The maximum absolute atomic E-state index is 10.8. The molecule has 84 valence electrons. The van der Waals surface area contributed by atoms with Gasteiger partial charge < -0.3 is 0 Å². The number of rotatable bonds is 3. The number of phenolic OH excluding ortho intramolecular Hbond substituents is 1. The van der Waals surface area contributed by atoms with Crippen LogP contribution in [0.2, 0.25) is 0 Å². The van der Waals surface area contributed by atoms with E-state index in [1.54, 1.807) is 0 Å². The SMILES string of the molecule is CC(=O)[O][Hg][c]1cc(S(=O)(=O)O)ccc1O. The van der Waals surface area contributed by atoms with Crippen molar-refractivity contribution in [1.82, 2.24) is 0 Å². The maximum atomic E-state index is 10.8. The molecule has 0 amide bonds. The molecular formula is C8H8HgO6S. The summed E-state index contributed by atoms with van der Waals surface area (Å²) in [7, 11) is -4.30. The molecule has 0 fully saturated rings. The molecule has 0 aromatic heterocycles. The van der Waals surface area contributed by atoms with Gasteiger partial charge in [-0.2, -0.15) is 0 Å². The second-order valence-corrected chi connectivity index (χ2v) is 9.67. The number of carbonyl (C=O) groups is 1. The van der Waals surface area contributed by atoms with Crippen molar-refractivity contribution in [3.05, 3.63) is 18.2 Å². The fourth-order valence-electron chi connectivity index (χ4n) is 1.02. The van der Waals surface area contributed by atoms with Crippen LogP contribution in [0.25, 0.3) is 0 Å². The first-order chi connectivity index (χ1) is 7.30. The van der Waals surface area contributed by atoms with Gasteiger partial charge in [0, 0.05) is 0 Å². The quantitative estimate of drug-likeness (QED) is 0.508. The summed E-state index contributed by atoms with van der Waals surface area (Å²) in [6.45, 7) is 1.24. The molecule has 1 aromatic carbocycles. The molecule has 0 saturated carbocycles. The van der Waals surface area contributed by atoms with Crippen molar-refractivity contribution in [2.45, 2.75) is 11.8 Å². The third-order valence-electron chi connectivity index (χ3n) is 1.78.